The Kier molecular flexibility index (Phi) is 6.90. The first-order chi connectivity index (χ1) is 15.7. The summed E-state index contributed by atoms with van der Waals surface area (Å²) >= 11 is 0. The summed E-state index contributed by atoms with van der Waals surface area (Å²) in [6.07, 6.45) is 7.02. The van der Waals surface area contributed by atoms with Crippen molar-refractivity contribution in [3.8, 4) is 17.2 Å². The van der Waals surface area contributed by atoms with Gasteiger partial charge in [0.05, 0.1) is 14.2 Å². The first-order valence-electron chi connectivity index (χ1n) is 10.8. The van der Waals surface area contributed by atoms with Crippen LogP contribution >= 0.6 is 0 Å². The number of aromatic nitrogens is 1. The maximum atomic E-state index is 12.8. The minimum absolute atomic E-state index is 0.0103. The number of pyridine rings is 1. The van der Waals surface area contributed by atoms with Gasteiger partial charge >= 0.3 is 0 Å². The molecule has 0 spiro atoms. The standard InChI is InChI=1S/C26H28N2O4/c1-30-22-7-8-23-19(14-22)4-3-5-20(23)15-26(29)28-21-6-9-24(31-2)25(16-21)32-17-18-10-12-27-13-11-18/h6-14,16,20H,3-5,15,17H2,1-2H3,(H,28,29). The fourth-order valence-electron chi connectivity index (χ4n) is 4.17. The zero-order chi connectivity index (χ0) is 22.3. The first-order valence-corrected chi connectivity index (χ1v) is 10.8. The van der Waals surface area contributed by atoms with Gasteiger partial charge in [-0.1, -0.05) is 6.07 Å². The molecule has 2 aromatic carbocycles. The Hall–Kier alpha value is -3.54. The zero-order valence-corrected chi connectivity index (χ0v) is 18.5. The largest absolute Gasteiger partial charge is 0.497 e. The second kappa shape index (κ2) is 10.2. The Morgan fingerprint density at radius 2 is 1.88 bits per heavy atom. The van der Waals surface area contributed by atoms with E-state index in [1.165, 1.54) is 11.1 Å². The van der Waals surface area contributed by atoms with Crippen LogP contribution in [0.2, 0.25) is 0 Å². The molecule has 1 heterocycles. The number of aryl methyl sites for hydroxylation is 1. The molecule has 1 unspecified atom stereocenters. The van der Waals surface area contributed by atoms with Gasteiger partial charge in [-0.2, -0.15) is 0 Å². The van der Waals surface area contributed by atoms with Crippen LogP contribution in [0.3, 0.4) is 0 Å². The molecule has 1 aliphatic rings. The highest BCUT2D eigenvalue weighted by molar-refractivity contribution is 5.91. The Labute approximate surface area is 188 Å². The van der Waals surface area contributed by atoms with Crippen molar-refractivity contribution in [2.75, 3.05) is 19.5 Å². The molecule has 0 fully saturated rings. The van der Waals surface area contributed by atoms with E-state index in [0.29, 0.717) is 30.2 Å². The molecule has 166 valence electrons. The number of methoxy groups -OCH3 is 2. The van der Waals surface area contributed by atoms with Crippen LogP contribution in [-0.4, -0.2) is 25.1 Å². The number of anilines is 1. The van der Waals surface area contributed by atoms with Crippen LogP contribution in [0.4, 0.5) is 5.69 Å². The Balaban J connectivity index is 1.42. The molecule has 1 aromatic heterocycles. The van der Waals surface area contributed by atoms with E-state index in [1.807, 2.05) is 24.3 Å². The number of carbonyl (C=O) groups excluding carboxylic acids is 1. The third kappa shape index (κ3) is 5.19. The minimum atomic E-state index is -0.0103. The van der Waals surface area contributed by atoms with Gasteiger partial charge in [0.1, 0.15) is 12.4 Å². The Bertz CT molecular complexity index is 1070. The van der Waals surface area contributed by atoms with Crippen molar-refractivity contribution < 1.29 is 19.0 Å². The Morgan fingerprint density at radius 1 is 1.03 bits per heavy atom. The van der Waals surface area contributed by atoms with E-state index in [9.17, 15) is 4.79 Å². The number of rotatable bonds is 8. The van der Waals surface area contributed by atoms with Crippen LogP contribution in [0, 0.1) is 0 Å². The van der Waals surface area contributed by atoms with Gasteiger partial charge < -0.3 is 19.5 Å². The lowest BCUT2D eigenvalue weighted by molar-refractivity contribution is -0.116. The topological polar surface area (TPSA) is 69.7 Å². The van der Waals surface area contributed by atoms with Crippen LogP contribution in [0.5, 0.6) is 17.2 Å². The minimum Gasteiger partial charge on any atom is -0.497 e. The number of fused-ring (bicyclic) bond motifs is 1. The summed E-state index contributed by atoms with van der Waals surface area (Å²) in [7, 11) is 3.28. The van der Waals surface area contributed by atoms with Crippen LogP contribution in [0.1, 0.15) is 41.9 Å². The normalized spacial score (nSPS) is 14.9. The lowest BCUT2D eigenvalue weighted by Gasteiger charge is -2.25. The summed E-state index contributed by atoms with van der Waals surface area (Å²) in [5.41, 5.74) is 4.23. The van der Waals surface area contributed by atoms with E-state index < -0.39 is 0 Å². The fourth-order valence-corrected chi connectivity index (χ4v) is 4.17. The van der Waals surface area contributed by atoms with E-state index in [2.05, 4.69) is 22.4 Å². The molecule has 0 saturated carbocycles. The van der Waals surface area contributed by atoms with E-state index in [1.54, 1.807) is 38.7 Å². The SMILES string of the molecule is COc1ccc2c(c1)CCCC2CC(=O)Nc1ccc(OC)c(OCc2ccncc2)c1. The highest BCUT2D eigenvalue weighted by Gasteiger charge is 2.23. The third-order valence-electron chi connectivity index (χ3n) is 5.81. The number of hydrogen-bond acceptors (Lipinski definition) is 5. The predicted octanol–water partition coefficient (Wildman–Crippen LogP) is 5.13. The van der Waals surface area contributed by atoms with Gasteiger partial charge in [0.25, 0.3) is 0 Å². The molecule has 32 heavy (non-hydrogen) atoms. The molecule has 1 aliphatic carbocycles. The summed E-state index contributed by atoms with van der Waals surface area (Å²) in [4.78, 5) is 16.9. The highest BCUT2D eigenvalue weighted by Crippen LogP contribution is 2.36. The van der Waals surface area contributed by atoms with Crippen molar-refractivity contribution in [1.29, 1.82) is 0 Å². The maximum Gasteiger partial charge on any atom is 0.224 e. The van der Waals surface area contributed by atoms with Crippen LogP contribution < -0.4 is 19.5 Å². The van der Waals surface area contributed by atoms with Crippen molar-refractivity contribution in [2.24, 2.45) is 0 Å². The second-order valence-electron chi connectivity index (χ2n) is 7.92. The van der Waals surface area contributed by atoms with Gasteiger partial charge in [0, 0.05) is 30.6 Å². The number of ether oxygens (including phenoxy) is 3. The molecule has 4 rings (SSSR count). The molecule has 0 aliphatic heterocycles. The fraction of sp³-hybridized carbons (Fsp3) is 0.308. The molecule has 1 atom stereocenters. The average molecular weight is 433 g/mol. The molecular formula is C26H28N2O4. The van der Waals surface area contributed by atoms with Crippen LogP contribution in [-0.2, 0) is 17.8 Å². The van der Waals surface area contributed by atoms with E-state index in [0.717, 1.165) is 30.6 Å². The monoisotopic (exact) mass is 432 g/mol. The number of amides is 1. The van der Waals surface area contributed by atoms with Crippen LogP contribution in [0.25, 0.3) is 0 Å². The number of hydrogen-bond donors (Lipinski definition) is 1. The lowest BCUT2D eigenvalue weighted by atomic mass is 9.81. The van der Waals surface area contributed by atoms with Crippen molar-refractivity contribution >= 4 is 11.6 Å². The molecule has 0 bridgehead atoms. The quantitative estimate of drug-likeness (QED) is 0.535. The third-order valence-corrected chi connectivity index (χ3v) is 5.81. The van der Waals surface area contributed by atoms with Gasteiger partial charge in [-0.3, -0.25) is 9.78 Å². The maximum absolute atomic E-state index is 12.8. The first kappa shape index (κ1) is 21.7. The molecule has 0 saturated heterocycles. The number of benzene rings is 2. The predicted molar refractivity (Wildman–Crippen MR) is 123 cm³/mol. The smallest absolute Gasteiger partial charge is 0.224 e. The highest BCUT2D eigenvalue weighted by atomic mass is 16.5. The van der Waals surface area contributed by atoms with Gasteiger partial charge in [-0.15, -0.1) is 0 Å². The van der Waals surface area contributed by atoms with E-state index in [-0.39, 0.29) is 11.8 Å². The lowest BCUT2D eigenvalue weighted by Crippen LogP contribution is -2.19. The molecule has 3 aromatic rings. The Morgan fingerprint density at radius 3 is 2.66 bits per heavy atom. The summed E-state index contributed by atoms with van der Waals surface area (Å²) in [6, 6.07) is 15.4. The summed E-state index contributed by atoms with van der Waals surface area (Å²) in [5.74, 6) is 2.27. The van der Waals surface area contributed by atoms with E-state index >= 15 is 0 Å². The van der Waals surface area contributed by atoms with Gasteiger partial charge in [-0.25, -0.2) is 0 Å². The van der Waals surface area contributed by atoms with Crippen molar-refractivity contribution in [3.05, 3.63) is 77.6 Å². The average Bonchev–Trinajstić information content (AvgIpc) is 2.83. The number of carbonyl (C=O) groups is 1. The van der Waals surface area contributed by atoms with Crippen molar-refractivity contribution in [2.45, 2.75) is 38.2 Å². The molecule has 6 heteroatoms. The zero-order valence-electron chi connectivity index (χ0n) is 18.5. The molecule has 1 amide bonds. The van der Waals surface area contributed by atoms with E-state index in [4.69, 9.17) is 14.2 Å². The summed E-state index contributed by atoms with van der Waals surface area (Å²) in [6.45, 7) is 0.388. The summed E-state index contributed by atoms with van der Waals surface area (Å²) < 4.78 is 16.7. The van der Waals surface area contributed by atoms with Gasteiger partial charge in [0.15, 0.2) is 11.5 Å². The number of nitrogens with one attached hydrogen (secondary N) is 1. The van der Waals surface area contributed by atoms with Crippen molar-refractivity contribution in [1.82, 2.24) is 4.98 Å². The van der Waals surface area contributed by atoms with Crippen molar-refractivity contribution in [3.63, 3.8) is 0 Å². The van der Waals surface area contributed by atoms with Crippen LogP contribution in [0.15, 0.2) is 60.9 Å². The van der Waals surface area contributed by atoms with Gasteiger partial charge in [-0.05, 0) is 78.3 Å². The molecule has 6 nitrogen and oxygen atoms in total. The molecule has 1 N–H and O–H groups in total. The molecular weight excluding hydrogens is 404 g/mol. The summed E-state index contributed by atoms with van der Waals surface area (Å²) in [5, 5.41) is 3.02. The second-order valence-corrected chi connectivity index (χ2v) is 7.92. The van der Waals surface area contributed by atoms with Gasteiger partial charge in [0.2, 0.25) is 5.91 Å². The molecule has 0 radical (unpaired) electrons. The number of nitrogens with zero attached hydrogens (tertiary/aromatic N) is 1.